The summed E-state index contributed by atoms with van der Waals surface area (Å²) < 4.78 is 8.33. The van der Waals surface area contributed by atoms with Crippen molar-refractivity contribution in [1.82, 2.24) is 19.3 Å². The quantitative estimate of drug-likeness (QED) is 0.346. The maximum atomic E-state index is 13.2. The lowest BCUT2D eigenvalue weighted by molar-refractivity contribution is -0.144. The van der Waals surface area contributed by atoms with Crippen molar-refractivity contribution in [3.8, 4) is 11.3 Å². The van der Waals surface area contributed by atoms with Crippen LogP contribution in [0.2, 0.25) is 5.02 Å². The first-order chi connectivity index (χ1) is 17.3. The number of ether oxygens (including phenoxy) is 1. The minimum absolute atomic E-state index is 0.214. The number of hydrogen-bond donors (Lipinski definition) is 1. The Balaban J connectivity index is 1.75. The number of amides is 1. The highest BCUT2D eigenvalue weighted by molar-refractivity contribution is 6.30. The third-order valence-electron chi connectivity index (χ3n) is 6.58. The van der Waals surface area contributed by atoms with E-state index in [1.54, 1.807) is 35.7 Å². The Bertz CT molecular complexity index is 1300. The van der Waals surface area contributed by atoms with E-state index in [-0.39, 0.29) is 11.5 Å². The van der Waals surface area contributed by atoms with Gasteiger partial charge in [-0.2, -0.15) is 0 Å². The summed E-state index contributed by atoms with van der Waals surface area (Å²) in [5, 5.41) is 3.38. The van der Waals surface area contributed by atoms with Crippen molar-refractivity contribution in [3.05, 3.63) is 51.9 Å². The first kappa shape index (κ1) is 25.8. The van der Waals surface area contributed by atoms with Gasteiger partial charge in [0.05, 0.1) is 12.8 Å². The van der Waals surface area contributed by atoms with Crippen LogP contribution in [0.15, 0.2) is 41.3 Å². The van der Waals surface area contributed by atoms with Gasteiger partial charge < -0.3 is 15.0 Å². The lowest BCUT2D eigenvalue weighted by atomic mass is 10.2. The van der Waals surface area contributed by atoms with E-state index < -0.39 is 18.1 Å². The molecule has 0 unspecified atom stereocenters. The zero-order valence-corrected chi connectivity index (χ0v) is 21.6. The summed E-state index contributed by atoms with van der Waals surface area (Å²) in [4.78, 5) is 45.0. The summed E-state index contributed by atoms with van der Waals surface area (Å²) in [6, 6.07) is 7.67. The van der Waals surface area contributed by atoms with Crippen molar-refractivity contribution >= 4 is 35.1 Å². The van der Waals surface area contributed by atoms with Crippen LogP contribution < -0.4 is 15.8 Å². The monoisotopic (exact) mass is 513 g/mol. The first-order valence-electron chi connectivity index (χ1n) is 12.4. The predicted molar refractivity (Wildman–Crippen MR) is 139 cm³/mol. The molecule has 1 amide bonds. The average Bonchev–Trinajstić information content (AvgIpc) is 3.53. The molecule has 1 aliphatic rings. The van der Waals surface area contributed by atoms with Gasteiger partial charge in [-0.05, 0) is 38.3 Å². The maximum Gasteiger partial charge on any atom is 0.328 e. The number of hydrogen-bond acceptors (Lipinski definition) is 6. The number of methoxy groups -OCH3 is 1. The normalized spacial score (nSPS) is 16.3. The Labute approximate surface area is 215 Å². The van der Waals surface area contributed by atoms with Crippen LogP contribution in [-0.4, -0.2) is 51.6 Å². The first-order valence-corrected chi connectivity index (χ1v) is 12.8. The van der Waals surface area contributed by atoms with Crippen molar-refractivity contribution < 1.29 is 14.3 Å². The largest absolute Gasteiger partial charge is 0.467 e. The number of carbonyl (C=O) groups excluding carboxylic acids is 2. The number of aromatic nitrogens is 3. The van der Waals surface area contributed by atoms with Crippen molar-refractivity contribution in [3.63, 3.8) is 0 Å². The second kappa shape index (κ2) is 11.2. The molecular weight excluding hydrogens is 482 g/mol. The van der Waals surface area contributed by atoms with E-state index in [1.165, 1.54) is 7.11 Å². The summed E-state index contributed by atoms with van der Waals surface area (Å²) in [7, 11) is 1.29. The fourth-order valence-corrected chi connectivity index (χ4v) is 4.80. The zero-order valence-electron chi connectivity index (χ0n) is 20.9. The lowest BCUT2D eigenvalue weighted by Crippen LogP contribution is -2.49. The van der Waals surface area contributed by atoms with Crippen LogP contribution >= 0.6 is 11.6 Å². The molecule has 2 atom stereocenters. The van der Waals surface area contributed by atoms with Gasteiger partial charge in [0.25, 0.3) is 5.56 Å². The van der Waals surface area contributed by atoms with Gasteiger partial charge >= 0.3 is 5.97 Å². The summed E-state index contributed by atoms with van der Waals surface area (Å²) in [5.74, 6) is 0.439. The summed E-state index contributed by atoms with van der Waals surface area (Å²) in [6.45, 7) is 5.02. The molecule has 192 valence electrons. The topological polar surface area (TPSA) is 97.9 Å². The number of unbranched alkanes of at least 4 members (excludes halogenated alkanes) is 2. The van der Waals surface area contributed by atoms with Crippen LogP contribution in [0.25, 0.3) is 17.0 Å². The number of nitrogens with zero attached hydrogens (tertiary/aromatic N) is 4. The standard InChI is InChI=1S/C26H32ClN5O4/c1-4-5-6-13-31-22(30-14-7-8-21(30)24(34)28-17(2)25(35)36-3)15-23(33)32-16-20(29-26(31)32)18-9-11-19(27)12-10-18/h9-12,15-17,21H,4-8,13-14H2,1-3H3,(H,28,34)/t17-,21-/m0/s1. The number of anilines is 1. The van der Waals surface area contributed by atoms with Gasteiger partial charge in [0, 0.05) is 35.9 Å². The van der Waals surface area contributed by atoms with Crippen molar-refractivity contribution in [2.45, 2.75) is 64.6 Å². The molecule has 4 rings (SSSR count). The fourth-order valence-electron chi connectivity index (χ4n) is 4.67. The molecule has 2 aromatic heterocycles. The third-order valence-corrected chi connectivity index (χ3v) is 6.84. The van der Waals surface area contributed by atoms with E-state index in [0.717, 1.165) is 31.2 Å². The van der Waals surface area contributed by atoms with E-state index in [4.69, 9.17) is 21.3 Å². The minimum Gasteiger partial charge on any atom is -0.467 e. The maximum absolute atomic E-state index is 13.2. The highest BCUT2D eigenvalue weighted by atomic mass is 35.5. The molecule has 0 aliphatic carbocycles. The second-order valence-corrected chi connectivity index (χ2v) is 9.54. The van der Waals surface area contributed by atoms with Crippen molar-refractivity contribution in [2.24, 2.45) is 0 Å². The molecule has 0 saturated carbocycles. The van der Waals surface area contributed by atoms with Gasteiger partial charge in [-0.15, -0.1) is 0 Å². The number of fused-ring (bicyclic) bond motifs is 1. The molecule has 36 heavy (non-hydrogen) atoms. The number of esters is 1. The van der Waals surface area contributed by atoms with Crippen LogP contribution in [0.1, 0.15) is 46.0 Å². The van der Waals surface area contributed by atoms with Gasteiger partial charge in [-0.1, -0.05) is 43.5 Å². The van der Waals surface area contributed by atoms with Crippen LogP contribution in [0.5, 0.6) is 0 Å². The molecule has 9 nitrogen and oxygen atoms in total. The molecule has 10 heteroatoms. The number of imidazole rings is 1. The predicted octanol–water partition coefficient (Wildman–Crippen LogP) is 3.65. The highest BCUT2D eigenvalue weighted by Crippen LogP contribution is 2.28. The van der Waals surface area contributed by atoms with E-state index in [1.807, 2.05) is 21.6 Å². The van der Waals surface area contributed by atoms with E-state index >= 15 is 0 Å². The van der Waals surface area contributed by atoms with Crippen LogP contribution in [0.3, 0.4) is 0 Å². The zero-order chi connectivity index (χ0) is 25.8. The molecule has 3 aromatic rings. The number of halogens is 1. The van der Waals surface area contributed by atoms with Crippen molar-refractivity contribution in [2.75, 3.05) is 18.6 Å². The van der Waals surface area contributed by atoms with E-state index in [9.17, 15) is 14.4 Å². The van der Waals surface area contributed by atoms with Crippen LogP contribution in [-0.2, 0) is 20.9 Å². The summed E-state index contributed by atoms with van der Waals surface area (Å²) in [6.07, 6.45) is 6.16. The Kier molecular flexibility index (Phi) is 7.98. The van der Waals surface area contributed by atoms with E-state index in [2.05, 4.69) is 12.2 Å². The van der Waals surface area contributed by atoms with Gasteiger partial charge in [0.15, 0.2) is 0 Å². The van der Waals surface area contributed by atoms with Crippen LogP contribution in [0.4, 0.5) is 5.82 Å². The third kappa shape index (κ3) is 5.26. The molecule has 3 heterocycles. The molecular formula is C26H32ClN5O4. The minimum atomic E-state index is -0.756. The Morgan fingerprint density at radius 3 is 2.69 bits per heavy atom. The fraction of sp³-hybridized carbons (Fsp3) is 0.462. The molecule has 0 bridgehead atoms. The Hall–Kier alpha value is -3.33. The average molecular weight is 514 g/mol. The van der Waals surface area contributed by atoms with Crippen molar-refractivity contribution in [1.29, 1.82) is 0 Å². The Morgan fingerprint density at radius 1 is 1.25 bits per heavy atom. The molecule has 1 fully saturated rings. The van der Waals surface area contributed by atoms with Gasteiger partial charge in [-0.3, -0.25) is 18.6 Å². The number of aryl methyl sites for hydroxylation is 1. The van der Waals surface area contributed by atoms with Gasteiger partial charge in [0.1, 0.15) is 17.9 Å². The van der Waals surface area contributed by atoms with Crippen LogP contribution in [0, 0.1) is 0 Å². The highest BCUT2D eigenvalue weighted by Gasteiger charge is 2.34. The molecule has 1 aromatic carbocycles. The summed E-state index contributed by atoms with van der Waals surface area (Å²) >= 11 is 6.05. The second-order valence-electron chi connectivity index (χ2n) is 9.11. The molecule has 1 N–H and O–H groups in total. The van der Waals surface area contributed by atoms with Gasteiger partial charge in [0.2, 0.25) is 11.7 Å². The Morgan fingerprint density at radius 2 is 2.00 bits per heavy atom. The lowest BCUT2D eigenvalue weighted by Gasteiger charge is -2.29. The van der Waals surface area contributed by atoms with Gasteiger partial charge in [-0.25, -0.2) is 9.78 Å². The van der Waals surface area contributed by atoms with E-state index in [0.29, 0.717) is 41.8 Å². The summed E-state index contributed by atoms with van der Waals surface area (Å²) in [5.41, 5.74) is 1.32. The molecule has 1 aliphatic heterocycles. The number of carbonyl (C=O) groups is 2. The smallest absolute Gasteiger partial charge is 0.328 e. The number of benzene rings is 1. The SMILES string of the molecule is CCCCCn1c(N2CCC[C@H]2C(=O)N[C@@H](C)C(=O)OC)cc(=O)n2cc(-c3ccc(Cl)cc3)nc12. The molecule has 0 spiro atoms. The number of nitrogens with one attached hydrogen (secondary N) is 1. The molecule has 0 radical (unpaired) electrons. The number of rotatable bonds is 9. The molecule has 1 saturated heterocycles.